The summed E-state index contributed by atoms with van der Waals surface area (Å²) < 4.78 is 11.3. The van der Waals surface area contributed by atoms with Gasteiger partial charge in [0.2, 0.25) is 0 Å². The van der Waals surface area contributed by atoms with Crippen LogP contribution in [-0.4, -0.2) is 34.5 Å². The zero-order chi connectivity index (χ0) is 9.45. The van der Waals surface area contributed by atoms with Crippen molar-refractivity contribution in [1.82, 2.24) is 5.32 Å². The highest BCUT2D eigenvalue weighted by atomic mass is 28.4. The molecule has 0 aliphatic rings. The number of nitrogens with one attached hydrogen (secondary N) is 1. The molecule has 4 heteroatoms. The molecule has 0 aliphatic heterocycles. The Kier molecular flexibility index (Phi) is 6.65. The quantitative estimate of drug-likeness (QED) is 0.615. The summed E-state index contributed by atoms with van der Waals surface area (Å²) in [5.41, 5.74) is 0. The summed E-state index contributed by atoms with van der Waals surface area (Å²) in [7, 11) is -1.88. The molecule has 3 nitrogen and oxygen atoms in total. The van der Waals surface area contributed by atoms with Gasteiger partial charge in [-0.05, 0) is 26.9 Å². The highest BCUT2D eigenvalue weighted by Gasteiger charge is 2.29. The Hall–Kier alpha value is 0.0969. The van der Waals surface area contributed by atoms with Crippen molar-refractivity contribution in [3.63, 3.8) is 0 Å². The molecule has 0 amide bonds. The van der Waals surface area contributed by atoms with E-state index in [9.17, 15) is 0 Å². The molecule has 0 aromatic carbocycles. The fraction of sp³-hybridized carbons (Fsp3) is 1.00. The third-order valence-electron chi connectivity index (χ3n) is 1.60. The summed E-state index contributed by atoms with van der Waals surface area (Å²) >= 11 is 0. The standard InChI is InChI=1S/C8H21NO2Si/c1-5-9-8-12(4,10-6-2)11-7-3/h9H,5-8H2,1-4H3. The van der Waals surface area contributed by atoms with E-state index >= 15 is 0 Å². The molecule has 0 saturated carbocycles. The van der Waals surface area contributed by atoms with E-state index < -0.39 is 8.56 Å². The van der Waals surface area contributed by atoms with Crippen LogP contribution in [0.1, 0.15) is 20.8 Å². The predicted molar refractivity (Wildman–Crippen MR) is 53.4 cm³/mol. The summed E-state index contributed by atoms with van der Waals surface area (Å²) in [5, 5.41) is 3.27. The normalized spacial score (nSPS) is 12.0. The van der Waals surface area contributed by atoms with E-state index in [1.165, 1.54) is 0 Å². The number of hydrogen-bond acceptors (Lipinski definition) is 3. The Balaban J connectivity index is 3.80. The first-order valence-electron chi connectivity index (χ1n) is 4.67. The fourth-order valence-corrected chi connectivity index (χ4v) is 3.32. The average molecular weight is 191 g/mol. The van der Waals surface area contributed by atoms with Gasteiger partial charge < -0.3 is 14.2 Å². The van der Waals surface area contributed by atoms with Gasteiger partial charge in [0, 0.05) is 19.4 Å². The largest absolute Gasteiger partial charge is 0.394 e. The van der Waals surface area contributed by atoms with Gasteiger partial charge in [-0.3, -0.25) is 0 Å². The van der Waals surface area contributed by atoms with Crippen molar-refractivity contribution in [2.45, 2.75) is 27.3 Å². The van der Waals surface area contributed by atoms with E-state index in [2.05, 4.69) is 18.8 Å². The smallest absolute Gasteiger partial charge is 0.349 e. The summed E-state index contributed by atoms with van der Waals surface area (Å²) in [6.45, 7) is 10.7. The van der Waals surface area contributed by atoms with Crippen molar-refractivity contribution in [2.75, 3.05) is 25.9 Å². The van der Waals surface area contributed by atoms with Crippen molar-refractivity contribution in [2.24, 2.45) is 0 Å². The number of rotatable bonds is 7. The van der Waals surface area contributed by atoms with E-state index in [1.54, 1.807) is 0 Å². The molecule has 0 aromatic heterocycles. The maximum absolute atomic E-state index is 5.63. The summed E-state index contributed by atoms with van der Waals surface area (Å²) in [6, 6.07) is 0. The van der Waals surface area contributed by atoms with E-state index in [0.29, 0.717) is 0 Å². The molecular weight excluding hydrogens is 170 g/mol. The molecule has 0 aliphatic carbocycles. The van der Waals surface area contributed by atoms with Gasteiger partial charge in [-0.1, -0.05) is 6.92 Å². The van der Waals surface area contributed by atoms with Gasteiger partial charge in [0.15, 0.2) is 0 Å². The van der Waals surface area contributed by atoms with Gasteiger partial charge in [0.25, 0.3) is 0 Å². The number of hydrogen-bond donors (Lipinski definition) is 1. The topological polar surface area (TPSA) is 30.5 Å². The molecule has 12 heavy (non-hydrogen) atoms. The second-order valence-corrected chi connectivity index (χ2v) is 5.98. The van der Waals surface area contributed by atoms with E-state index in [0.717, 1.165) is 25.9 Å². The predicted octanol–water partition coefficient (Wildman–Crippen LogP) is 1.28. The van der Waals surface area contributed by atoms with Gasteiger partial charge in [-0.15, -0.1) is 0 Å². The molecule has 0 unspecified atom stereocenters. The molecule has 0 aromatic rings. The Morgan fingerprint density at radius 1 is 1.08 bits per heavy atom. The van der Waals surface area contributed by atoms with Crippen LogP contribution >= 0.6 is 0 Å². The fourth-order valence-electron chi connectivity index (χ4n) is 1.11. The Morgan fingerprint density at radius 3 is 1.92 bits per heavy atom. The molecule has 0 atom stereocenters. The molecule has 0 rings (SSSR count). The first-order chi connectivity index (χ1) is 5.68. The van der Waals surface area contributed by atoms with Gasteiger partial charge in [-0.2, -0.15) is 0 Å². The van der Waals surface area contributed by atoms with Gasteiger partial charge in [0.1, 0.15) is 0 Å². The second-order valence-electron chi connectivity index (χ2n) is 2.78. The van der Waals surface area contributed by atoms with Crippen LogP contribution in [0.3, 0.4) is 0 Å². The van der Waals surface area contributed by atoms with E-state index in [1.807, 2.05) is 13.8 Å². The molecule has 0 fully saturated rings. The lowest BCUT2D eigenvalue weighted by molar-refractivity contribution is 0.187. The molecule has 0 radical (unpaired) electrons. The Bertz CT molecular complexity index is 105. The van der Waals surface area contributed by atoms with E-state index in [4.69, 9.17) is 8.85 Å². The van der Waals surface area contributed by atoms with Crippen LogP contribution < -0.4 is 5.32 Å². The lowest BCUT2D eigenvalue weighted by Crippen LogP contribution is -2.48. The summed E-state index contributed by atoms with van der Waals surface area (Å²) in [4.78, 5) is 0. The molecule has 0 saturated heterocycles. The third-order valence-corrected chi connectivity index (χ3v) is 4.29. The van der Waals surface area contributed by atoms with Crippen LogP contribution in [0, 0.1) is 0 Å². The molecular formula is C8H21NO2Si. The lowest BCUT2D eigenvalue weighted by Gasteiger charge is -2.25. The van der Waals surface area contributed by atoms with Crippen LogP contribution in [0.4, 0.5) is 0 Å². The van der Waals surface area contributed by atoms with Crippen LogP contribution in [0.5, 0.6) is 0 Å². The summed E-state index contributed by atoms with van der Waals surface area (Å²) in [6.07, 6.45) is 0.880. The van der Waals surface area contributed by atoms with Crippen molar-refractivity contribution >= 4 is 8.56 Å². The van der Waals surface area contributed by atoms with Crippen molar-refractivity contribution in [3.8, 4) is 0 Å². The summed E-state index contributed by atoms with van der Waals surface area (Å²) in [5.74, 6) is 0. The van der Waals surface area contributed by atoms with Crippen molar-refractivity contribution < 1.29 is 8.85 Å². The minimum absolute atomic E-state index is 0.744. The maximum Gasteiger partial charge on any atom is 0.349 e. The molecule has 1 N–H and O–H groups in total. The minimum Gasteiger partial charge on any atom is -0.394 e. The van der Waals surface area contributed by atoms with E-state index in [-0.39, 0.29) is 0 Å². The first kappa shape index (κ1) is 12.1. The van der Waals surface area contributed by atoms with Crippen molar-refractivity contribution in [1.29, 1.82) is 0 Å². The molecule has 74 valence electrons. The molecule has 0 spiro atoms. The molecule has 0 heterocycles. The van der Waals surface area contributed by atoms with Gasteiger partial charge in [-0.25, -0.2) is 0 Å². The van der Waals surface area contributed by atoms with Crippen LogP contribution in [-0.2, 0) is 8.85 Å². The lowest BCUT2D eigenvalue weighted by atomic mass is 10.8. The monoisotopic (exact) mass is 191 g/mol. The highest BCUT2D eigenvalue weighted by molar-refractivity contribution is 6.66. The average Bonchev–Trinajstić information content (AvgIpc) is 2.02. The first-order valence-corrected chi connectivity index (χ1v) is 7.19. The van der Waals surface area contributed by atoms with Crippen LogP contribution in [0.25, 0.3) is 0 Å². The Labute approximate surface area is 76.7 Å². The van der Waals surface area contributed by atoms with Gasteiger partial charge >= 0.3 is 8.56 Å². The zero-order valence-electron chi connectivity index (χ0n) is 8.64. The van der Waals surface area contributed by atoms with Crippen LogP contribution in [0.15, 0.2) is 0 Å². The van der Waals surface area contributed by atoms with Gasteiger partial charge in [0.05, 0.1) is 0 Å². The maximum atomic E-state index is 5.63. The second kappa shape index (κ2) is 6.60. The molecule has 0 bridgehead atoms. The highest BCUT2D eigenvalue weighted by Crippen LogP contribution is 2.05. The SMILES string of the molecule is CCNC[Si](C)(OCC)OCC. The Morgan fingerprint density at radius 2 is 1.58 bits per heavy atom. The van der Waals surface area contributed by atoms with Crippen LogP contribution in [0.2, 0.25) is 6.55 Å². The zero-order valence-corrected chi connectivity index (χ0v) is 9.64. The minimum atomic E-state index is -1.88. The van der Waals surface area contributed by atoms with Crippen molar-refractivity contribution in [3.05, 3.63) is 0 Å². The third kappa shape index (κ3) is 4.87.